The lowest BCUT2D eigenvalue weighted by molar-refractivity contribution is 0.108. The highest BCUT2D eigenvalue weighted by Gasteiger charge is 2.19. The lowest BCUT2D eigenvalue weighted by atomic mass is 10.1. The SMILES string of the molecule is CCNC(=NCC(C)Cc1cccs1)N1CCC(O)CC1. The van der Waals surface area contributed by atoms with Crippen LogP contribution in [0.5, 0.6) is 0 Å². The van der Waals surface area contributed by atoms with Gasteiger partial charge in [-0.05, 0) is 43.6 Å². The van der Waals surface area contributed by atoms with Crippen molar-refractivity contribution in [3.63, 3.8) is 0 Å². The molecule has 0 bridgehead atoms. The Morgan fingerprint density at radius 1 is 1.52 bits per heavy atom. The highest BCUT2D eigenvalue weighted by atomic mass is 32.1. The molecule has 1 aromatic rings. The Morgan fingerprint density at radius 3 is 2.90 bits per heavy atom. The third-order valence-corrected chi connectivity index (χ3v) is 4.68. The molecule has 0 aliphatic carbocycles. The first-order valence-electron chi connectivity index (χ1n) is 7.92. The summed E-state index contributed by atoms with van der Waals surface area (Å²) >= 11 is 1.82. The molecule has 0 spiro atoms. The van der Waals surface area contributed by atoms with Gasteiger partial charge in [-0.1, -0.05) is 13.0 Å². The average Bonchev–Trinajstić information content (AvgIpc) is 2.97. The Morgan fingerprint density at radius 2 is 2.29 bits per heavy atom. The quantitative estimate of drug-likeness (QED) is 0.648. The number of nitrogens with one attached hydrogen (secondary N) is 1. The van der Waals surface area contributed by atoms with Crippen molar-refractivity contribution in [1.82, 2.24) is 10.2 Å². The molecule has 2 N–H and O–H groups in total. The molecule has 1 aliphatic heterocycles. The normalized spacial score (nSPS) is 18.8. The number of hydrogen-bond donors (Lipinski definition) is 2. The second kappa shape index (κ2) is 8.39. The Bertz CT molecular complexity index is 425. The Labute approximate surface area is 131 Å². The molecule has 0 radical (unpaired) electrons. The fourth-order valence-electron chi connectivity index (χ4n) is 2.58. The summed E-state index contributed by atoms with van der Waals surface area (Å²) in [5, 5.41) is 15.1. The molecule has 4 nitrogen and oxygen atoms in total. The first kappa shape index (κ1) is 16.3. The number of thiophene rings is 1. The molecule has 1 saturated heterocycles. The van der Waals surface area contributed by atoms with Crippen LogP contribution >= 0.6 is 11.3 Å². The summed E-state index contributed by atoms with van der Waals surface area (Å²) in [7, 11) is 0. The highest BCUT2D eigenvalue weighted by molar-refractivity contribution is 7.09. The molecule has 1 aromatic heterocycles. The maximum absolute atomic E-state index is 9.61. The van der Waals surface area contributed by atoms with Crippen LogP contribution in [0.15, 0.2) is 22.5 Å². The molecule has 1 aliphatic rings. The van der Waals surface area contributed by atoms with Crippen LogP contribution < -0.4 is 5.32 Å². The molecule has 1 fully saturated rings. The van der Waals surface area contributed by atoms with Gasteiger partial charge in [-0.2, -0.15) is 0 Å². The number of nitrogens with zero attached hydrogens (tertiary/aromatic N) is 2. The molecule has 2 heterocycles. The van der Waals surface area contributed by atoms with E-state index < -0.39 is 0 Å². The van der Waals surface area contributed by atoms with Crippen LogP contribution in [-0.2, 0) is 6.42 Å². The summed E-state index contributed by atoms with van der Waals surface area (Å²) in [4.78, 5) is 8.50. The minimum absolute atomic E-state index is 0.137. The molecule has 21 heavy (non-hydrogen) atoms. The van der Waals surface area contributed by atoms with Crippen LogP contribution in [0.3, 0.4) is 0 Å². The second-order valence-corrected chi connectivity index (χ2v) is 6.83. The highest BCUT2D eigenvalue weighted by Crippen LogP contribution is 2.15. The van der Waals surface area contributed by atoms with Crippen molar-refractivity contribution in [3.8, 4) is 0 Å². The number of aliphatic hydroxyl groups is 1. The summed E-state index contributed by atoms with van der Waals surface area (Å²) in [6, 6.07) is 4.31. The molecule has 0 saturated carbocycles. The molecule has 0 aromatic carbocycles. The minimum atomic E-state index is -0.137. The number of piperidine rings is 1. The Balaban J connectivity index is 1.87. The van der Waals surface area contributed by atoms with Crippen molar-refractivity contribution in [3.05, 3.63) is 22.4 Å². The van der Waals surface area contributed by atoms with Gasteiger partial charge in [-0.25, -0.2) is 0 Å². The van der Waals surface area contributed by atoms with Gasteiger partial charge in [-0.15, -0.1) is 11.3 Å². The first-order valence-corrected chi connectivity index (χ1v) is 8.80. The van der Waals surface area contributed by atoms with Crippen molar-refractivity contribution in [2.24, 2.45) is 10.9 Å². The van der Waals surface area contributed by atoms with Crippen LogP contribution in [0.25, 0.3) is 0 Å². The van der Waals surface area contributed by atoms with Gasteiger partial charge in [0.1, 0.15) is 0 Å². The van der Waals surface area contributed by atoms with E-state index in [4.69, 9.17) is 4.99 Å². The lowest BCUT2D eigenvalue weighted by Gasteiger charge is -2.32. The van der Waals surface area contributed by atoms with Gasteiger partial charge in [-0.3, -0.25) is 4.99 Å². The van der Waals surface area contributed by atoms with Crippen LogP contribution in [-0.4, -0.2) is 48.2 Å². The van der Waals surface area contributed by atoms with E-state index in [9.17, 15) is 5.11 Å². The second-order valence-electron chi connectivity index (χ2n) is 5.80. The monoisotopic (exact) mass is 309 g/mol. The van der Waals surface area contributed by atoms with Gasteiger partial charge in [0.15, 0.2) is 5.96 Å². The molecule has 118 valence electrons. The predicted molar refractivity (Wildman–Crippen MR) is 90.0 cm³/mol. The largest absolute Gasteiger partial charge is 0.393 e. The molecule has 5 heteroatoms. The van der Waals surface area contributed by atoms with Crippen molar-refractivity contribution in [1.29, 1.82) is 0 Å². The van der Waals surface area contributed by atoms with Gasteiger partial charge >= 0.3 is 0 Å². The topological polar surface area (TPSA) is 47.9 Å². The zero-order chi connectivity index (χ0) is 15.1. The zero-order valence-corrected chi connectivity index (χ0v) is 13.9. The van der Waals surface area contributed by atoms with E-state index in [1.54, 1.807) is 0 Å². The van der Waals surface area contributed by atoms with Crippen LogP contribution in [0.1, 0.15) is 31.6 Å². The first-order chi connectivity index (χ1) is 10.2. The Hall–Kier alpha value is -1.07. The van der Waals surface area contributed by atoms with Gasteiger partial charge in [0.2, 0.25) is 0 Å². The van der Waals surface area contributed by atoms with Crippen LogP contribution in [0, 0.1) is 5.92 Å². The van der Waals surface area contributed by atoms with E-state index in [0.29, 0.717) is 5.92 Å². The number of aliphatic hydroxyl groups excluding tert-OH is 1. The van der Waals surface area contributed by atoms with E-state index >= 15 is 0 Å². The third kappa shape index (κ3) is 5.32. The molecular formula is C16H27N3OS. The van der Waals surface area contributed by atoms with Crippen molar-refractivity contribution in [2.75, 3.05) is 26.2 Å². The fourth-order valence-corrected chi connectivity index (χ4v) is 3.45. The number of aliphatic imine (C=N–C) groups is 1. The van der Waals surface area contributed by atoms with Gasteiger partial charge in [0, 0.05) is 31.1 Å². The lowest BCUT2D eigenvalue weighted by Crippen LogP contribution is -2.46. The molecule has 1 atom stereocenters. The van der Waals surface area contributed by atoms with Crippen LogP contribution in [0.4, 0.5) is 0 Å². The van der Waals surface area contributed by atoms with E-state index in [1.165, 1.54) is 4.88 Å². The van der Waals surface area contributed by atoms with Gasteiger partial charge < -0.3 is 15.3 Å². The van der Waals surface area contributed by atoms with Crippen molar-refractivity contribution >= 4 is 17.3 Å². The molecule has 2 rings (SSSR count). The summed E-state index contributed by atoms with van der Waals surface area (Å²) in [6.07, 6.45) is 2.64. The number of guanidine groups is 1. The fraction of sp³-hybridized carbons (Fsp3) is 0.688. The maximum Gasteiger partial charge on any atom is 0.193 e. The van der Waals surface area contributed by atoms with E-state index in [0.717, 1.165) is 51.4 Å². The maximum atomic E-state index is 9.61. The van der Waals surface area contributed by atoms with Crippen molar-refractivity contribution in [2.45, 2.75) is 39.2 Å². The number of rotatable bonds is 5. The van der Waals surface area contributed by atoms with E-state index in [2.05, 4.69) is 41.6 Å². The summed E-state index contributed by atoms with van der Waals surface area (Å²) in [5.41, 5.74) is 0. The summed E-state index contributed by atoms with van der Waals surface area (Å²) in [5.74, 6) is 1.55. The van der Waals surface area contributed by atoms with E-state index in [-0.39, 0.29) is 6.10 Å². The molecular weight excluding hydrogens is 282 g/mol. The minimum Gasteiger partial charge on any atom is -0.393 e. The van der Waals surface area contributed by atoms with E-state index in [1.807, 2.05) is 11.3 Å². The van der Waals surface area contributed by atoms with Gasteiger partial charge in [0.25, 0.3) is 0 Å². The Kier molecular flexibility index (Phi) is 6.51. The molecule has 1 unspecified atom stereocenters. The molecule has 0 amide bonds. The van der Waals surface area contributed by atoms with Crippen LogP contribution in [0.2, 0.25) is 0 Å². The standard InChI is InChI=1S/C16H27N3OS/c1-3-17-16(19-8-6-14(20)7-9-19)18-12-13(2)11-15-5-4-10-21-15/h4-5,10,13-14,20H,3,6-9,11-12H2,1-2H3,(H,17,18). The average molecular weight is 309 g/mol. The third-order valence-electron chi connectivity index (χ3n) is 3.78. The number of hydrogen-bond acceptors (Lipinski definition) is 3. The summed E-state index contributed by atoms with van der Waals surface area (Å²) < 4.78 is 0. The summed E-state index contributed by atoms with van der Waals surface area (Å²) in [6.45, 7) is 7.88. The predicted octanol–water partition coefficient (Wildman–Crippen LogP) is 2.35. The van der Waals surface area contributed by atoms with Crippen molar-refractivity contribution < 1.29 is 5.11 Å². The van der Waals surface area contributed by atoms with Gasteiger partial charge in [0.05, 0.1) is 6.10 Å². The number of likely N-dealkylation sites (tertiary alicyclic amines) is 1. The zero-order valence-electron chi connectivity index (χ0n) is 13.1. The smallest absolute Gasteiger partial charge is 0.193 e.